The van der Waals surface area contributed by atoms with Gasteiger partial charge in [-0.05, 0) is 61.3 Å². The molecule has 110 valence electrons. The average molecular weight is 294 g/mol. The minimum atomic E-state index is 0.403. The van der Waals surface area contributed by atoms with Gasteiger partial charge in [-0.15, -0.1) is 0 Å². The molecule has 2 saturated carbocycles. The molecule has 0 spiro atoms. The third kappa shape index (κ3) is 3.29. The van der Waals surface area contributed by atoms with Crippen LogP contribution in [0.2, 0.25) is 5.02 Å². The Bertz CT molecular complexity index is 464. The summed E-state index contributed by atoms with van der Waals surface area (Å²) >= 11 is 6.17. The SMILES string of the molecule is COc1ccc(Cl)cc1CC1(CNC2CC2)CCCC1. The number of halogens is 1. The summed E-state index contributed by atoms with van der Waals surface area (Å²) in [7, 11) is 1.75. The van der Waals surface area contributed by atoms with Gasteiger partial charge in [-0.25, -0.2) is 0 Å². The lowest BCUT2D eigenvalue weighted by Crippen LogP contribution is -2.35. The molecule has 0 radical (unpaired) electrons. The van der Waals surface area contributed by atoms with E-state index in [0.29, 0.717) is 5.41 Å². The minimum absolute atomic E-state index is 0.403. The molecule has 1 N–H and O–H groups in total. The van der Waals surface area contributed by atoms with E-state index in [9.17, 15) is 0 Å². The molecule has 0 heterocycles. The lowest BCUT2D eigenvalue weighted by molar-refractivity contribution is 0.272. The first-order valence-electron chi connectivity index (χ1n) is 7.77. The van der Waals surface area contributed by atoms with Crippen molar-refractivity contribution in [3.05, 3.63) is 28.8 Å². The highest BCUT2D eigenvalue weighted by molar-refractivity contribution is 6.30. The standard InChI is InChI=1S/C17H24ClNO/c1-20-16-7-4-14(18)10-13(16)11-17(8-2-3-9-17)12-19-15-5-6-15/h4,7,10,15,19H,2-3,5-6,8-9,11-12H2,1H3. The number of hydrogen-bond acceptors (Lipinski definition) is 2. The van der Waals surface area contributed by atoms with Crippen LogP contribution in [0.15, 0.2) is 18.2 Å². The van der Waals surface area contributed by atoms with Crippen LogP contribution in [0.25, 0.3) is 0 Å². The molecule has 0 saturated heterocycles. The van der Waals surface area contributed by atoms with E-state index in [-0.39, 0.29) is 0 Å². The van der Waals surface area contributed by atoms with Gasteiger partial charge in [-0.3, -0.25) is 0 Å². The Morgan fingerprint density at radius 1 is 1.30 bits per heavy atom. The number of ether oxygens (including phenoxy) is 1. The van der Waals surface area contributed by atoms with Gasteiger partial charge in [0.05, 0.1) is 7.11 Å². The Morgan fingerprint density at radius 2 is 2.05 bits per heavy atom. The van der Waals surface area contributed by atoms with E-state index in [0.717, 1.165) is 29.8 Å². The predicted molar refractivity (Wildman–Crippen MR) is 83.6 cm³/mol. The second kappa shape index (κ2) is 5.95. The van der Waals surface area contributed by atoms with Crippen LogP contribution in [-0.4, -0.2) is 19.7 Å². The van der Waals surface area contributed by atoms with Crippen LogP contribution in [0.4, 0.5) is 0 Å². The topological polar surface area (TPSA) is 21.3 Å². The highest BCUT2D eigenvalue weighted by atomic mass is 35.5. The molecule has 0 aromatic heterocycles. The van der Waals surface area contributed by atoms with Crippen LogP contribution in [-0.2, 0) is 6.42 Å². The zero-order valence-corrected chi connectivity index (χ0v) is 13.0. The van der Waals surface area contributed by atoms with Gasteiger partial charge in [0.2, 0.25) is 0 Å². The molecule has 2 fully saturated rings. The van der Waals surface area contributed by atoms with E-state index in [1.807, 2.05) is 12.1 Å². The lowest BCUT2D eigenvalue weighted by atomic mass is 9.79. The summed E-state index contributed by atoms with van der Waals surface area (Å²) in [5.74, 6) is 0.979. The number of benzene rings is 1. The van der Waals surface area contributed by atoms with E-state index < -0.39 is 0 Å². The molecule has 0 aliphatic heterocycles. The predicted octanol–water partition coefficient (Wildman–Crippen LogP) is 4.20. The van der Waals surface area contributed by atoms with Crippen molar-refractivity contribution < 1.29 is 4.74 Å². The monoisotopic (exact) mass is 293 g/mol. The van der Waals surface area contributed by atoms with Crippen molar-refractivity contribution in [2.45, 2.75) is 51.0 Å². The molecule has 3 heteroatoms. The normalized spacial score (nSPS) is 21.1. The van der Waals surface area contributed by atoms with E-state index in [4.69, 9.17) is 16.3 Å². The molecule has 1 aromatic carbocycles. The largest absolute Gasteiger partial charge is 0.496 e. The fourth-order valence-corrected chi connectivity index (χ4v) is 3.67. The summed E-state index contributed by atoms with van der Waals surface area (Å²) < 4.78 is 5.51. The maximum atomic E-state index is 6.17. The molecule has 0 amide bonds. The average Bonchev–Trinajstić information content (AvgIpc) is 3.17. The second-order valence-corrected chi connectivity index (χ2v) is 6.93. The summed E-state index contributed by atoms with van der Waals surface area (Å²) in [6, 6.07) is 6.77. The van der Waals surface area contributed by atoms with E-state index in [2.05, 4.69) is 11.4 Å². The third-order valence-electron chi connectivity index (χ3n) is 4.82. The molecule has 1 aromatic rings. The van der Waals surface area contributed by atoms with E-state index >= 15 is 0 Å². The highest BCUT2D eigenvalue weighted by Gasteiger charge is 2.36. The molecular formula is C17H24ClNO. The molecule has 2 nitrogen and oxygen atoms in total. The quantitative estimate of drug-likeness (QED) is 0.848. The molecule has 2 aliphatic carbocycles. The second-order valence-electron chi connectivity index (χ2n) is 6.50. The van der Waals surface area contributed by atoms with Crippen molar-refractivity contribution in [3.63, 3.8) is 0 Å². The Labute approximate surface area is 126 Å². The minimum Gasteiger partial charge on any atom is -0.496 e. The Morgan fingerprint density at radius 3 is 2.70 bits per heavy atom. The lowest BCUT2D eigenvalue weighted by Gasteiger charge is -2.30. The van der Waals surface area contributed by atoms with Gasteiger partial charge in [0.1, 0.15) is 5.75 Å². The van der Waals surface area contributed by atoms with Crippen LogP contribution < -0.4 is 10.1 Å². The number of hydrogen-bond donors (Lipinski definition) is 1. The summed E-state index contributed by atoms with van der Waals surface area (Å²) in [6.07, 6.45) is 9.15. The van der Waals surface area contributed by atoms with Gasteiger partial charge in [-0.2, -0.15) is 0 Å². The van der Waals surface area contributed by atoms with E-state index in [1.165, 1.54) is 44.1 Å². The maximum absolute atomic E-state index is 6.17. The smallest absolute Gasteiger partial charge is 0.122 e. The van der Waals surface area contributed by atoms with Crippen molar-refractivity contribution in [2.24, 2.45) is 5.41 Å². The van der Waals surface area contributed by atoms with Crippen molar-refractivity contribution in [3.8, 4) is 5.75 Å². The van der Waals surface area contributed by atoms with E-state index in [1.54, 1.807) is 7.11 Å². The number of rotatable bonds is 6. The Kier molecular flexibility index (Phi) is 4.23. The van der Waals surface area contributed by atoms with Gasteiger partial charge in [0.15, 0.2) is 0 Å². The van der Waals surface area contributed by atoms with Gasteiger partial charge in [0, 0.05) is 17.6 Å². The van der Waals surface area contributed by atoms with Crippen LogP contribution in [0, 0.1) is 5.41 Å². The van der Waals surface area contributed by atoms with Crippen LogP contribution in [0.1, 0.15) is 44.1 Å². The van der Waals surface area contributed by atoms with Crippen LogP contribution in [0.3, 0.4) is 0 Å². The first kappa shape index (κ1) is 14.2. The fraction of sp³-hybridized carbons (Fsp3) is 0.647. The van der Waals surface area contributed by atoms with Gasteiger partial charge >= 0.3 is 0 Å². The highest BCUT2D eigenvalue weighted by Crippen LogP contribution is 2.43. The number of nitrogens with one attached hydrogen (secondary N) is 1. The van der Waals surface area contributed by atoms with Crippen molar-refractivity contribution in [2.75, 3.05) is 13.7 Å². The first-order chi connectivity index (χ1) is 9.71. The van der Waals surface area contributed by atoms with Crippen molar-refractivity contribution >= 4 is 11.6 Å². The van der Waals surface area contributed by atoms with Crippen LogP contribution >= 0.6 is 11.6 Å². The third-order valence-corrected chi connectivity index (χ3v) is 5.05. The molecule has 2 aliphatic rings. The summed E-state index contributed by atoms with van der Waals surface area (Å²) in [6.45, 7) is 1.15. The summed E-state index contributed by atoms with van der Waals surface area (Å²) in [5, 5.41) is 4.55. The molecule has 0 atom stereocenters. The van der Waals surface area contributed by atoms with Crippen molar-refractivity contribution in [1.29, 1.82) is 0 Å². The Balaban J connectivity index is 1.76. The van der Waals surface area contributed by atoms with Crippen LogP contribution in [0.5, 0.6) is 5.75 Å². The van der Waals surface area contributed by atoms with Gasteiger partial charge in [0.25, 0.3) is 0 Å². The molecule has 20 heavy (non-hydrogen) atoms. The first-order valence-corrected chi connectivity index (χ1v) is 8.14. The number of methoxy groups -OCH3 is 1. The molecule has 0 unspecified atom stereocenters. The molecular weight excluding hydrogens is 270 g/mol. The summed E-state index contributed by atoms with van der Waals surface area (Å²) in [4.78, 5) is 0. The molecule has 3 rings (SSSR count). The maximum Gasteiger partial charge on any atom is 0.122 e. The Hall–Kier alpha value is -0.730. The molecule has 0 bridgehead atoms. The zero-order valence-electron chi connectivity index (χ0n) is 12.3. The fourth-order valence-electron chi connectivity index (χ4n) is 3.48. The van der Waals surface area contributed by atoms with Gasteiger partial charge in [-0.1, -0.05) is 24.4 Å². The zero-order chi connectivity index (χ0) is 14.0. The van der Waals surface area contributed by atoms with Crippen molar-refractivity contribution in [1.82, 2.24) is 5.32 Å². The van der Waals surface area contributed by atoms with Gasteiger partial charge < -0.3 is 10.1 Å². The summed E-state index contributed by atoms with van der Waals surface area (Å²) in [5.41, 5.74) is 1.67.